The minimum atomic E-state index is 0.180. The van der Waals surface area contributed by atoms with E-state index in [4.69, 9.17) is 0 Å². The highest BCUT2D eigenvalue weighted by atomic mass is 16.3. The largest absolute Gasteiger partial charge is 0.395 e. The van der Waals surface area contributed by atoms with Crippen LogP contribution in [-0.2, 0) is 6.54 Å². The van der Waals surface area contributed by atoms with Crippen molar-refractivity contribution < 1.29 is 5.11 Å². The summed E-state index contributed by atoms with van der Waals surface area (Å²) in [5, 5.41) is 13.2. The third-order valence-corrected chi connectivity index (χ3v) is 4.58. The monoisotopic (exact) mass is 296 g/mol. The lowest BCUT2D eigenvalue weighted by Crippen LogP contribution is -2.53. The van der Waals surface area contributed by atoms with Gasteiger partial charge >= 0.3 is 0 Å². The lowest BCUT2D eigenvalue weighted by Gasteiger charge is -2.40. The number of aryl methyl sites for hydroxylation is 1. The van der Waals surface area contributed by atoms with E-state index in [2.05, 4.69) is 65.7 Å². The Balaban J connectivity index is 1.76. The Labute approximate surface area is 132 Å². The van der Waals surface area contributed by atoms with Gasteiger partial charge in [0.05, 0.1) is 6.61 Å². The molecule has 1 aliphatic heterocycles. The molecule has 22 heavy (non-hydrogen) atoms. The summed E-state index contributed by atoms with van der Waals surface area (Å²) < 4.78 is 0. The highest BCUT2D eigenvalue weighted by molar-refractivity contribution is 5.26. The highest BCUT2D eigenvalue weighted by Gasteiger charge is 2.28. The average Bonchev–Trinajstić information content (AvgIpc) is 2.58. The SMILES string of the molecule is Cc1ccccc1CN1CC(c2ccccc2)NCC1CO. The molecule has 2 aromatic rings. The second-order valence-corrected chi connectivity index (χ2v) is 6.06. The zero-order valence-corrected chi connectivity index (χ0v) is 13.1. The maximum Gasteiger partial charge on any atom is 0.0599 e. The Morgan fingerprint density at radius 3 is 2.55 bits per heavy atom. The molecule has 3 rings (SSSR count). The molecule has 0 saturated carbocycles. The first kappa shape index (κ1) is 15.2. The maximum absolute atomic E-state index is 9.68. The minimum Gasteiger partial charge on any atom is -0.395 e. The van der Waals surface area contributed by atoms with E-state index in [-0.39, 0.29) is 12.6 Å². The van der Waals surface area contributed by atoms with Crippen molar-refractivity contribution >= 4 is 0 Å². The zero-order chi connectivity index (χ0) is 15.4. The van der Waals surface area contributed by atoms with Crippen LogP contribution in [0.1, 0.15) is 22.7 Å². The Morgan fingerprint density at radius 1 is 1.09 bits per heavy atom. The normalized spacial score (nSPS) is 22.6. The summed E-state index contributed by atoms with van der Waals surface area (Å²) in [5.74, 6) is 0. The van der Waals surface area contributed by atoms with Gasteiger partial charge in [-0.3, -0.25) is 4.90 Å². The summed E-state index contributed by atoms with van der Waals surface area (Å²) in [4.78, 5) is 2.40. The van der Waals surface area contributed by atoms with Gasteiger partial charge in [0.1, 0.15) is 0 Å². The van der Waals surface area contributed by atoms with Gasteiger partial charge in [-0.05, 0) is 23.6 Å². The number of aliphatic hydroxyl groups excluding tert-OH is 1. The zero-order valence-electron chi connectivity index (χ0n) is 13.1. The molecule has 2 aromatic carbocycles. The highest BCUT2D eigenvalue weighted by Crippen LogP contribution is 2.22. The smallest absolute Gasteiger partial charge is 0.0599 e. The molecule has 0 bridgehead atoms. The first-order chi connectivity index (χ1) is 10.8. The summed E-state index contributed by atoms with van der Waals surface area (Å²) in [5.41, 5.74) is 3.97. The van der Waals surface area contributed by atoms with Crippen molar-refractivity contribution in [1.82, 2.24) is 10.2 Å². The van der Waals surface area contributed by atoms with Gasteiger partial charge < -0.3 is 10.4 Å². The molecule has 116 valence electrons. The van der Waals surface area contributed by atoms with Gasteiger partial charge in [0.25, 0.3) is 0 Å². The van der Waals surface area contributed by atoms with E-state index in [0.717, 1.165) is 19.6 Å². The molecule has 2 unspecified atom stereocenters. The van der Waals surface area contributed by atoms with Crippen molar-refractivity contribution in [3.63, 3.8) is 0 Å². The van der Waals surface area contributed by atoms with Crippen molar-refractivity contribution in [1.29, 1.82) is 0 Å². The summed E-state index contributed by atoms with van der Waals surface area (Å²) in [6.45, 7) is 4.98. The van der Waals surface area contributed by atoms with Gasteiger partial charge in [0, 0.05) is 31.7 Å². The number of hydrogen-bond acceptors (Lipinski definition) is 3. The lowest BCUT2D eigenvalue weighted by molar-refractivity contribution is 0.0742. The van der Waals surface area contributed by atoms with E-state index in [9.17, 15) is 5.11 Å². The van der Waals surface area contributed by atoms with E-state index in [1.807, 2.05) is 6.07 Å². The molecule has 2 atom stereocenters. The van der Waals surface area contributed by atoms with Crippen LogP contribution in [0.3, 0.4) is 0 Å². The molecule has 0 amide bonds. The predicted molar refractivity (Wildman–Crippen MR) is 89.6 cm³/mol. The molecule has 1 fully saturated rings. The summed E-state index contributed by atoms with van der Waals surface area (Å²) in [6, 6.07) is 19.6. The Morgan fingerprint density at radius 2 is 1.82 bits per heavy atom. The van der Waals surface area contributed by atoms with Crippen LogP contribution in [0.2, 0.25) is 0 Å². The van der Waals surface area contributed by atoms with Crippen LogP contribution in [-0.4, -0.2) is 35.7 Å². The third-order valence-electron chi connectivity index (χ3n) is 4.58. The minimum absolute atomic E-state index is 0.180. The molecule has 0 spiro atoms. The van der Waals surface area contributed by atoms with Gasteiger partial charge in [0.15, 0.2) is 0 Å². The van der Waals surface area contributed by atoms with Crippen molar-refractivity contribution in [2.45, 2.75) is 25.6 Å². The van der Waals surface area contributed by atoms with Gasteiger partial charge in [0.2, 0.25) is 0 Å². The Bertz CT molecular complexity index is 599. The number of piperazine rings is 1. The van der Waals surface area contributed by atoms with Gasteiger partial charge in [-0.15, -0.1) is 0 Å². The molecule has 3 heteroatoms. The fraction of sp³-hybridized carbons (Fsp3) is 0.368. The van der Waals surface area contributed by atoms with Crippen LogP contribution >= 0.6 is 0 Å². The fourth-order valence-electron chi connectivity index (χ4n) is 3.14. The number of benzene rings is 2. The molecule has 0 radical (unpaired) electrons. The Hall–Kier alpha value is -1.68. The second kappa shape index (κ2) is 7.05. The molecule has 1 aliphatic rings. The van der Waals surface area contributed by atoms with E-state index in [1.165, 1.54) is 16.7 Å². The molecule has 0 aromatic heterocycles. The van der Waals surface area contributed by atoms with Gasteiger partial charge in [-0.25, -0.2) is 0 Å². The molecule has 1 saturated heterocycles. The van der Waals surface area contributed by atoms with Crippen LogP contribution < -0.4 is 5.32 Å². The number of hydrogen-bond donors (Lipinski definition) is 2. The number of aliphatic hydroxyl groups is 1. The van der Waals surface area contributed by atoms with E-state index >= 15 is 0 Å². The molecule has 2 N–H and O–H groups in total. The van der Waals surface area contributed by atoms with E-state index < -0.39 is 0 Å². The van der Waals surface area contributed by atoms with Crippen LogP contribution in [0.5, 0.6) is 0 Å². The first-order valence-electron chi connectivity index (χ1n) is 7.95. The Kier molecular flexibility index (Phi) is 4.88. The summed E-state index contributed by atoms with van der Waals surface area (Å²) in [6.07, 6.45) is 0. The average molecular weight is 296 g/mol. The third kappa shape index (κ3) is 3.38. The van der Waals surface area contributed by atoms with Crippen LogP contribution in [0, 0.1) is 6.92 Å². The topological polar surface area (TPSA) is 35.5 Å². The first-order valence-corrected chi connectivity index (χ1v) is 7.95. The van der Waals surface area contributed by atoms with Crippen LogP contribution in [0.4, 0.5) is 0 Å². The fourth-order valence-corrected chi connectivity index (χ4v) is 3.14. The predicted octanol–water partition coefficient (Wildman–Crippen LogP) is 2.50. The number of nitrogens with zero attached hydrogens (tertiary/aromatic N) is 1. The number of nitrogens with one attached hydrogen (secondary N) is 1. The van der Waals surface area contributed by atoms with Gasteiger partial charge in [-0.2, -0.15) is 0 Å². The van der Waals surface area contributed by atoms with Gasteiger partial charge in [-0.1, -0.05) is 54.6 Å². The van der Waals surface area contributed by atoms with E-state index in [0.29, 0.717) is 6.04 Å². The lowest BCUT2D eigenvalue weighted by atomic mass is 10.0. The summed E-state index contributed by atoms with van der Waals surface area (Å²) in [7, 11) is 0. The quantitative estimate of drug-likeness (QED) is 0.910. The molecule has 3 nitrogen and oxygen atoms in total. The molecule has 0 aliphatic carbocycles. The molecular formula is C19H24N2O. The second-order valence-electron chi connectivity index (χ2n) is 6.06. The van der Waals surface area contributed by atoms with Crippen molar-refractivity contribution in [2.75, 3.05) is 19.7 Å². The molecular weight excluding hydrogens is 272 g/mol. The standard InChI is InChI=1S/C19H24N2O/c1-15-7-5-6-10-17(15)12-21-13-19(20-11-18(21)14-22)16-8-3-2-4-9-16/h2-10,18-20,22H,11-14H2,1H3. The van der Waals surface area contributed by atoms with Crippen LogP contribution in [0.15, 0.2) is 54.6 Å². The van der Waals surface area contributed by atoms with Crippen molar-refractivity contribution in [2.24, 2.45) is 0 Å². The van der Waals surface area contributed by atoms with E-state index in [1.54, 1.807) is 0 Å². The summed E-state index contributed by atoms with van der Waals surface area (Å²) >= 11 is 0. The maximum atomic E-state index is 9.68. The molecule has 1 heterocycles. The van der Waals surface area contributed by atoms with Crippen molar-refractivity contribution in [3.05, 3.63) is 71.3 Å². The number of rotatable bonds is 4. The van der Waals surface area contributed by atoms with Crippen LogP contribution in [0.25, 0.3) is 0 Å². The van der Waals surface area contributed by atoms with Crippen molar-refractivity contribution in [3.8, 4) is 0 Å².